The van der Waals surface area contributed by atoms with Crippen molar-refractivity contribution in [1.29, 1.82) is 0 Å². The molecule has 0 aliphatic heterocycles. The highest BCUT2D eigenvalue weighted by atomic mass is 32.2. The third kappa shape index (κ3) is 3.55. The van der Waals surface area contributed by atoms with Gasteiger partial charge in [-0.3, -0.25) is 0 Å². The standard InChI is InChI=1S/C9H17N3S2/c1-9(2,3)7(10-4)5-13-8-11-6-12-14-8/h6-7,10H,5H2,1-4H3. The van der Waals surface area contributed by atoms with E-state index < -0.39 is 0 Å². The van der Waals surface area contributed by atoms with Gasteiger partial charge in [0, 0.05) is 11.8 Å². The van der Waals surface area contributed by atoms with E-state index in [0.717, 1.165) is 10.1 Å². The Morgan fingerprint density at radius 2 is 2.29 bits per heavy atom. The summed E-state index contributed by atoms with van der Waals surface area (Å²) in [5, 5.41) is 3.34. The van der Waals surface area contributed by atoms with Crippen LogP contribution in [0.4, 0.5) is 0 Å². The number of thioether (sulfide) groups is 1. The van der Waals surface area contributed by atoms with E-state index in [4.69, 9.17) is 0 Å². The Balaban J connectivity index is 2.43. The molecule has 0 aliphatic rings. The van der Waals surface area contributed by atoms with Crippen LogP contribution in [-0.4, -0.2) is 28.2 Å². The van der Waals surface area contributed by atoms with Crippen LogP contribution in [0, 0.1) is 5.41 Å². The summed E-state index contributed by atoms with van der Waals surface area (Å²) in [6.07, 6.45) is 1.61. The molecule has 0 amide bonds. The summed E-state index contributed by atoms with van der Waals surface area (Å²) in [6.45, 7) is 6.73. The van der Waals surface area contributed by atoms with Crippen LogP contribution in [0.1, 0.15) is 20.8 Å². The number of nitrogens with one attached hydrogen (secondary N) is 1. The summed E-state index contributed by atoms with van der Waals surface area (Å²) >= 11 is 3.23. The maximum absolute atomic E-state index is 4.15. The number of hydrogen-bond acceptors (Lipinski definition) is 5. The maximum atomic E-state index is 4.15. The first-order valence-electron chi connectivity index (χ1n) is 4.61. The summed E-state index contributed by atoms with van der Waals surface area (Å²) in [7, 11) is 2.01. The van der Waals surface area contributed by atoms with Crippen molar-refractivity contribution in [3.8, 4) is 0 Å². The molecule has 0 spiro atoms. The molecule has 1 unspecified atom stereocenters. The molecular weight excluding hydrogens is 214 g/mol. The molecule has 1 heterocycles. The van der Waals surface area contributed by atoms with Crippen molar-refractivity contribution in [3.63, 3.8) is 0 Å². The van der Waals surface area contributed by atoms with Crippen LogP contribution in [0.3, 0.4) is 0 Å². The minimum atomic E-state index is 0.284. The van der Waals surface area contributed by atoms with Crippen LogP contribution in [-0.2, 0) is 0 Å². The molecule has 0 radical (unpaired) electrons. The van der Waals surface area contributed by atoms with Gasteiger partial charge in [-0.15, -0.1) is 0 Å². The normalized spacial score (nSPS) is 14.3. The third-order valence-corrected chi connectivity index (χ3v) is 4.00. The zero-order valence-corrected chi connectivity index (χ0v) is 10.7. The van der Waals surface area contributed by atoms with Crippen molar-refractivity contribution < 1.29 is 0 Å². The van der Waals surface area contributed by atoms with Gasteiger partial charge >= 0.3 is 0 Å². The van der Waals surface area contributed by atoms with Crippen molar-refractivity contribution in [2.45, 2.75) is 31.2 Å². The Morgan fingerprint density at radius 3 is 2.71 bits per heavy atom. The summed E-state index contributed by atoms with van der Waals surface area (Å²) in [4.78, 5) is 4.15. The quantitative estimate of drug-likeness (QED) is 0.807. The molecule has 0 saturated heterocycles. The van der Waals surface area contributed by atoms with Gasteiger partial charge in [-0.25, -0.2) is 4.98 Å². The molecule has 0 fully saturated rings. The SMILES string of the molecule is CNC(CSc1ncns1)C(C)(C)C. The predicted molar refractivity (Wildman–Crippen MR) is 62.9 cm³/mol. The first kappa shape index (κ1) is 11.9. The molecule has 0 saturated carbocycles. The van der Waals surface area contributed by atoms with E-state index in [1.54, 1.807) is 18.1 Å². The van der Waals surface area contributed by atoms with E-state index in [1.165, 1.54) is 11.5 Å². The van der Waals surface area contributed by atoms with Gasteiger partial charge in [-0.2, -0.15) is 4.37 Å². The molecule has 5 heteroatoms. The number of aromatic nitrogens is 2. The van der Waals surface area contributed by atoms with Gasteiger partial charge in [-0.05, 0) is 24.0 Å². The van der Waals surface area contributed by atoms with Crippen LogP contribution < -0.4 is 5.32 Å². The maximum Gasteiger partial charge on any atom is 0.169 e. The second kappa shape index (κ2) is 5.09. The molecule has 0 bridgehead atoms. The Labute approximate surface area is 93.9 Å². The van der Waals surface area contributed by atoms with Crippen LogP contribution in [0.5, 0.6) is 0 Å². The largest absolute Gasteiger partial charge is 0.316 e. The minimum Gasteiger partial charge on any atom is -0.316 e. The monoisotopic (exact) mass is 231 g/mol. The highest BCUT2D eigenvalue weighted by Crippen LogP contribution is 2.26. The lowest BCUT2D eigenvalue weighted by atomic mass is 9.88. The van der Waals surface area contributed by atoms with Crippen molar-refractivity contribution in [3.05, 3.63) is 6.33 Å². The molecule has 1 atom stereocenters. The highest BCUT2D eigenvalue weighted by Gasteiger charge is 2.23. The molecule has 1 aromatic heterocycles. The topological polar surface area (TPSA) is 37.8 Å². The molecular formula is C9H17N3S2. The zero-order chi connectivity index (χ0) is 10.6. The van der Waals surface area contributed by atoms with E-state index in [0.29, 0.717) is 6.04 Å². The number of rotatable bonds is 4. The van der Waals surface area contributed by atoms with Gasteiger partial charge in [0.25, 0.3) is 0 Å². The average Bonchev–Trinajstić information content (AvgIpc) is 2.55. The van der Waals surface area contributed by atoms with E-state index in [1.807, 2.05) is 7.05 Å². The van der Waals surface area contributed by atoms with Crippen LogP contribution >= 0.6 is 23.3 Å². The van der Waals surface area contributed by atoms with Crippen LogP contribution in [0.25, 0.3) is 0 Å². The number of nitrogens with zero attached hydrogens (tertiary/aromatic N) is 2. The molecule has 3 nitrogen and oxygen atoms in total. The van der Waals surface area contributed by atoms with Gasteiger partial charge in [0.1, 0.15) is 6.33 Å². The second-order valence-electron chi connectivity index (χ2n) is 4.23. The zero-order valence-electron chi connectivity index (χ0n) is 9.07. The molecule has 1 rings (SSSR count). The predicted octanol–water partition coefficient (Wildman–Crippen LogP) is 2.26. The van der Waals surface area contributed by atoms with Gasteiger partial charge in [0.05, 0.1) is 0 Å². The van der Waals surface area contributed by atoms with Gasteiger partial charge in [0.2, 0.25) is 0 Å². The van der Waals surface area contributed by atoms with E-state index in [2.05, 4.69) is 35.4 Å². The van der Waals surface area contributed by atoms with E-state index in [9.17, 15) is 0 Å². The summed E-state index contributed by atoms with van der Waals surface area (Å²) in [6, 6.07) is 0.497. The first-order valence-corrected chi connectivity index (χ1v) is 6.36. The van der Waals surface area contributed by atoms with Crippen LogP contribution in [0.2, 0.25) is 0 Å². The average molecular weight is 231 g/mol. The fourth-order valence-corrected chi connectivity index (χ4v) is 3.07. The fraction of sp³-hybridized carbons (Fsp3) is 0.778. The first-order chi connectivity index (χ1) is 6.54. The van der Waals surface area contributed by atoms with Crippen LogP contribution in [0.15, 0.2) is 10.7 Å². The Kier molecular flexibility index (Phi) is 4.34. The summed E-state index contributed by atoms with van der Waals surface area (Å²) in [5.74, 6) is 1.04. The molecule has 1 aromatic rings. The molecule has 14 heavy (non-hydrogen) atoms. The van der Waals surface area contributed by atoms with E-state index >= 15 is 0 Å². The van der Waals surface area contributed by atoms with Gasteiger partial charge in [0.15, 0.2) is 4.34 Å². The number of hydrogen-bond donors (Lipinski definition) is 1. The lowest BCUT2D eigenvalue weighted by Crippen LogP contribution is -2.40. The molecule has 1 N–H and O–H groups in total. The van der Waals surface area contributed by atoms with E-state index in [-0.39, 0.29) is 5.41 Å². The molecule has 0 aliphatic carbocycles. The minimum absolute atomic E-state index is 0.284. The second-order valence-corrected chi connectivity index (χ2v) is 6.27. The lowest BCUT2D eigenvalue weighted by molar-refractivity contribution is 0.305. The van der Waals surface area contributed by atoms with Gasteiger partial charge in [-0.1, -0.05) is 32.5 Å². The van der Waals surface area contributed by atoms with Gasteiger partial charge < -0.3 is 5.32 Å². The molecule has 0 aromatic carbocycles. The summed E-state index contributed by atoms with van der Waals surface area (Å²) < 4.78 is 5.03. The Hall–Kier alpha value is -0.130. The Bertz CT molecular complexity index is 254. The van der Waals surface area contributed by atoms with Crippen molar-refractivity contribution in [1.82, 2.24) is 14.7 Å². The third-order valence-electron chi connectivity index (χ3n) is 2.11. The summed E-state index contributed by atoms with van der Waals surface area (Å²) in [5.41, 5.74) is 0.284. The lowest BCUT2D eigenvalue weighted by Gasteiger charge is -2.29. The van der Waals surface area contributed by atoms with Crippen molar-refractivity contribution in [2.24, 2.45) is 5.41 Å². The fourth-order valence-electron chi connectivity index (χ4n) is 1.15. The Morgan fingerprint density at radius 1 is 1.57 bits per heavy atom. The smallest absolute Gasteiger partial charge is 0.169 e. The highest BCUT2D eigenvalue weighted by molar-refractivity contribution is 8.00. The van der Waals surface area contributed by atoms with Crippen molar-refractivity contribution in [2.75, 3.05) is 12.8 Å². The molecule has 80 valence electrons. The van der Waals surface area contributed by atoms with Crippen molar-refractivity contribution >= 4 is 23.3 Å².